The summed E-state index contributed by atoms with van der Waals surface area (Å²) in [6, 6.07) is 18.2. The molecule has 0 N–H and O–H groups in total. The normalized spacial score (nSPS) is 17.6. The van der Waals surface area contributed by atoms with Crippen LogP contribution in [-0.2, 0) is 11.2 Å². The van der Waals surface area contributed by atoms with Crippen LogP contribution in [0.15, 0.2) is 60.8 Å². The summed E-state index contributed by atoms with van der Waals surface area (Å²) < 4.78 is 5.21. The van der Waals surface area contributed by atoms with Gasteiger partial charge in [-0.25, -0.2) is 0 Å². The summed E-state index contributed by atoms with van der Waals surface area (Å²) in [4.78, 5) is 21.2. The molecule has 27 heavy (non-hydrogen) atoms. The summed E-state index contributed by atoms with van der Waals surface area (Å²) >= 11 is 0. The quantitative estimate of drug-likeness (QED) is 0.700. The van der Waals surface area contributed by atoms with Crippen molar-refractivity contribution in [2.24, 2.45) is 0 Å². The molecule has 1 aliphatic rings. The van der Waals surface area contributed by atoms with Gasteiger partial charge in [-0.05, 0) is 43.3 Å². The molecule has 1 amide bonds. The minimum Gasteiger partial charge on any atom is -0.497 e. The molecule has 5 heteroatoms. The van der Waals surface area contributed by atoms with Crippen molar-refractivity contribution in [3.63, 3.8) is 0 Å². The van der Waals surface area contributed by atoms with Gasteiger partial charge in [-0.3, -0.25) is 14.7 Å². The van der Waals surface area contributed by atoms with E-state index in [4.69, 9.17) is 4.74 Å². The number of para-hydroxylation sites is 1. The molecule has 0 radical (unpaired) electrons. The van der Waals surface area contributed by atoms with E-state index in [9.17, 15) is 4.79 Å². The molecule has 3 aromatic rings. The Morgan fingerprint density at radius 3 is 2.70 bits per heavy atom. The summed E-state index contributed by atoms with van der Waals surface area (Å²) in [7, 11) is 3.65. The average Bonchev–Trinajstić information content (AvgIpc) is 2.99. The fourth-order valence-electron chi connectivity index (χ4n) is 3.72. The molecule has 1 fully saturated rings. The molecular formula is C22H23N3O2. The first-order chi connectivity index (χ1) is 13.2. The van der Waals surface area contributed by atoms with Crippen LogP contribution < -0.4 is 4.74 Å². The average molecular weight is 361 g/mol. The van der Waals surface area contributed by atoms with Crippen molar-refractivity contribution in [1.29, 1.82) is 0 Å². The van der Waals surface area contributed by atoms with E-state index in [0.717, 1.165) is 28.6 Å². The van der Waals surface area contributed by atoms with Gasteiger partial charge in [0, 0.05) is 23.7 Å². The highest BCUT2D eigenvalue weighted by atomic mass is 16.5. The Balaban J connectivity index is 1.56. The molecule has 1 aromatic heterocycles. The van der Waals surface area contributed by atoms with E-state index >= 15 is 0 Å². The van der Waals surface area contributed by atoms with Crippen LogP contribution in [0, 0.1) is 0 Å². The molecule has 4 rings (SSSR count). The van der Waals surface area contributed by atoms with Crippen molar-refractivity contribution in [1.82, 2.24) is 14.8 Å². The molecule has 1 aliphatic heterocycles. The van der Waals surface area contributed by atoms with Crippen molar-refractivity contribution >= 4 is 16.8 Å². The molecule has 1 unspecified atom stereocenters. The molecule has 5 nitrogen and oxygen atoms in total. The summed E-state index contributed by atoms with van der Waals surface area (Å²) in [5.74, 6) is 1.00. The topological polar surface area (TPSA) is 45.7 Å². The number of ether oxygens (including phenoxy) is 1. The number of benzene rings is 2. The molecule has 2 aromatic carbocycles. The van der Waals surface area contributed by atoms with Crippen LogP contribution in [0.3, 0.4) is 0 Å². The van der Waals surface area contributed by atoms with E-state index in [1.54, 1.807) is 7.11 Å². The van der Waals surface area contributed by atoms with E-state index in [0.29, 0.717) is 13.1 Å². The van der Waals surface area contributed by atoms with Crippen LogP contribution >= 0.6 is 0 Å². The molecule has 2 heterocycles. The van der Waals surface area contributed by atoms with E-state index < -0.39 is 0 Å². The first kappa shape index (κ1) is 17.5. The van der Waals surface area contributed by atoms with Gasteiger partial charge in [0.1, 0.15) is 11.9 Å². The second-order valence-electron chi connectivity index (χ2n) is 6.94. The van der Waals surface area contributed by atoms with Crippen LogP contribution in [0.5, 0.6) is 5.75 Å². The SMILES string of the molecule is COc1ccc(CCN2C(=O)CN(C)C2c2cnc3ccccc3c2)cc1. The number of rotatable bonds is 5. The largest absolute Gasteiger partial charge is 0.497 e. The Morgan fingerprint density at radius 2 is 1.93 bits per heavy atom. The summed E-state index contributed by atoms with van der Waals surface area (Å²) in [6.45, 7) is 1.10. The van der Waals surface area contributed by atoms with Crippen LogP contribution in [0.25, 0.3) is 10.9 Å². The predicted molar refractivity (Wildman–Crippen MR) is 106 cm³/mol. The molecular weight excluding hydrogens is 338 g/mol. The van der Waals surface area contributed by atoms with Crippen molar-refractivity contribution in [3.8, 4) is 5.75 Å². The van der Waals surface area contributed by atoms with Crippen molar-refractivity contribution in [2.45, 2.75) is 12.6 Å². The molecule has 0 aliphatic carbocycles. The Bertz CT molecular complexity index is 955. The molecule has 1 atom stereocenters. The van der Waals surface area contributed by atoms with Gasteiger partial charge >= 0.3 is 0 Å². The lowest BCUT2D eigenvalue weighted by molar-refractivity contribution is -0.128. The van der Waals surface area contributed by atoms with Crippen LogP contribution in [0.4, 0.5) is 0 Å². The number of methoxy groups -OCH3 is 1. The molecule has 1 saturated heterocycles. The highest BCUT2D eigenvalue weighted by Crippen LogP contribution is 2.30. The first-order valence-electron chi connectivity index (χ1n) is 9.13. The first-order valence-corrected chi connectivity index (χ1v) is 9.13. The number of nitrogens with zero attached hydrogens (tertiary/aromatic N) is 3. The number of amides is 1. The predicted octanol–water partition coefficient (Wildman–Crippen LogP) is 3.26. The second kappa shape index (κ2) is 7.37. The van der Waals surface area contributed by atoms with Crippen molar-refractivity contribution in [3.05, 3.63) is 71.9 Å². The minimum atomic E-state index is -0.0761. The van der Waals surface area contributed by atoms with Gasteiger partial charge in [-0.15, -0.1) is 0 Å². The van der Waals surface area contributed by atoms with Crippen LogP contribution in [0.2, 0.25) is 0 Å². The fourth-order valence-corrected chi connectivity index (χ4v) is 3.72. The van der Waals surface area contributed by atoms with Crippen LogP contribution in [-0.4, -0.2) is 47.9 Å². The summed E-state index contributed by atoms with van der Waals surface area (Å²) in [5, 5.41) is 1.10. The number of pyridine rings is 1. The lowest BCUT2D eigenvalue weighted by atomic mass is 10.1. The maximum absolute atomic E-state index is 12.6. The van der Waals surface area contributed by atoms with Crippen molar-refractivity contribution < 1.29 is 9.53 Å². The molecule has 0 bridgehead atoms. The third-order valence-electron chi connectivity index (χ3n) is 5.13. The van der Waals surface area contributed by atoms with E-state index in [2.05, 4.69) is 34.1 Å². The molecule has 0 saturated carbocycles. The van der Waals surface area contributed by atoms with Gasteiger partial charge in [0.05, 0.1) is 19.2 Å². The zero-order valence-corrected chi connectivity index (χ0v) is 15.6. The van der Waals surface area contributed by atoms with E-state index in [1.807, 2.05) is 48.5 Å². The number of hydrogen-bond donors (Lipinski definition) is 0. The Labute approximate surface area is 159 Å². The number of carbonyl (C=O) groups excluding carboxylic acids is 1. The van der Waals surface area contributed by atoms with Gasteiger partial charge in [-0.2, -0.15) is 0 Å². The van der Waals surface area contributed by atoms with Crippen LogP contribution in [0.1, 0.15) is 17.3 Å². The smallest absolute Gasteiger partial charge is 0.238 e. The zero-order valence-electron chi connectivity index (χ0n) is 15.6. The highest BCUT2D eigenvalue weighted by Gasteiger charge is 2.36. The maximum atomic E-state index is 12.6. The third-order valence-corrected chi connectivity index (χ3v) is 5.13. The molecule has 138 valence electrons. The number of aromatic nitrogens is 1. The second-order valence-corrected chi connectivity index (χ2v) is 6.94. The lowest BCUT2D eigenvalue weighted by Crippen LogP contribution is -2.32. The Hall–Kier alpha value is -2.92. The number of carbonyl (C=O) groups is 1. The lowest BCUT2D eigenvalue weighted by Gasteiger charge is -2.28. The minimum absolute atomic E-state index is 0.0761. The Kier molecular flexibility index (Phi) is 4.77. The van der Waals surface area contributed by atoms with Gasteiger partial charge < -0.3 is 9.64 Å². The van der Waals surface area contributed by atoms with Gasteiger partial charge in [0.25, 0.3) is 0 Å². The highest BCUT2D eigenvalue weighted by molar-refractivity contribution is 5.82. The fraction of sp³-hybridized carbons (Fsp3) is 0.273. The zero-order chi connectivity index (χ0) is 18.8. The van der Waals surface area contributed by atoms with Gasteiger partial charge in [0.2, 0.25) is 5.91 Å². The van der Waals surface area contributed by atoms with E-state index in [1.165, 1.54) is 5.56 Å². The van der Waals surface area contributed by atoms with Crippen molar-refractivity contribution in [2.75, 3.05) is 27.2 Å². The monoisotopic (exact) mass is 361 g/mol. The van der Waals surface area contributed by atoms with E-state index in [-0.39, 0.29) is 12.1 Å². The third kappa shape index (κ3) is 3.51. The van der Waals surface area contributed by atoms with Gasteiger partial charge in [-0.1, -0.05) is 30.3 Å². The standard InChI is InChI=1S/C22H23N3O2/c1-24-15-21(26)25(12-11-16-7-9-19(27-2)10-8-16)22(24)18-13-17-5-3-4-6-20(17)23-14-18/h3-10,13-14,22H,11-12,15H2,1-2H3. The summed E-state index contributed by atoms with van der Waals surface area (Å²) in [6.07, 6.45) is 2.62. The summed E-state index contributed by atoms with van der Waals surface area (Å²) in [5.41, 5.74) is 3.21. The Morgan fingerprint density at radius 1 is 1.15 bits per heavy atom. The number of fused-ring (bicyclic) bond motifs is 1. The number of likely N-dealkylation sites (N-methyl/N-ethyl adjacent to an activating group) is 1. The number of hydrogen-bond acceptors (Lipinski definition) is 4. The molecule has 0 spiro atoms. The van der Waals surface area contributed by atoms with Gasteiger partial charge in [0.15, 0.2) is 0 Å². The maximum Gasteiger partial charge on any atom is 0.238 e.